The summed E-state index contributed by atoms with van der Waals surface area (Å²) >= 11 is 12.2. The molecule has 0 aliphatic carbocycles. The van der Waals surface area contributed by atoms with Gasteiger partial charge in [-0.25, -0.2) is 4.98 Å². The van der Waals surface area contributed by atoms with Crippen LogP contribution in [0.1, 0.15) is 18.1 Å². The van der Waals surface area contributed by atoms with Crippen LogP contribution in [0.15, 0.2) is 84.7 Å². The van der Waals surface area contributed by atoms with Crippen molar-refractivity contribution in [1.29, 1.82) is 0 Å². The van der Waals surface area contributed by atoms with Crippen LogP contribution in [0.3, 0.4) is 0 Å². The number of anilines is 1. The molecule has 0 radical (unpaired) electrons. The van der Waals surface area contributed by atoms with E-state index in [0.29, 0.717) is 24.3 Å². The Balaban J connectivity index is 1.49. The van der Waals surface area contributed by atoms with Gasteiger partial charge in [-0.2, -0.15) is 0 Å². The van der Waals surface area contributed by atoms with Crippen LogP contribution in [0.5, 0.6) is 0 Å². The third-order valence-electron chi connectivity index (χ3n) is 5.41. The molecule has 5 heteroatoms. The molecule has 0 atom stereocenters. The molecule has 0 spiro atoms. The molecule has 30 heavy (non-hydrogen) atoms. The first-order chi connectivity index (χ1) is 15.1. The van der Waals surface area contributed by atoms with Gasteiger partial charge in [0, 0.05) is 54.2 Å². The monoisotopic (exact) mass is 434 g/mol. The van der Waals surface area contributed by atoms with E-state index in [1.165, 1.54) is 5.56 Å². The zero-order chi connectivity index (χ0) is 21.4. The van der Waals surface area contributed by atoms with Crippen LogP contribution < -0.4 is 4.90 Å². The highest BCUT2D eigenvalue weighted by Gasteiger charge is 2.27. The van der Waals surface area contributed by atoms with Gasteiger partial charge in [0.2, 0.25) is 0 Å². The predicted molar refractivity (Wildman–Crippen MR) is 125 cm³/mol. The van der Waals surface area contributed by atoms with E-state index in [2.05, 4.69) is 28.1 Å². The van der Waals surface area contributed by atoms with Gasteiger partial charge in [-0.1, -0.05) is 53.5 Å². The van der Waals surface area contributed by atoms with Crippen LogP contribution in [0.25, 0.3) is 5.57 Å². The van der Waals surface area contributed by atoms with Crippen molar-refractivity contribution < 1.29 is 1.37 Å². The van der Waals surface area contributed by atoms with E-state index >= 15 is 0 Å². The molecule has 0 unspecified atom stereocenters. The Morgan fingerprint density at radius 1 is 0.933 bits per heavy atom. The van der Waals surface area contributed by atoms with Crippen LogP contribution in [0.2, 0.25) is 10.0 Å². The molecule has 2 aliphatic rings. The van der Waals surface area contributed by atoms with Crippen molar-refractivity contribution in [3.63, 3.8) is 0 Å². The minimum atomic E-state index is 0.503. The number of pyridine rings is 1. The first-order valence-corrected chi connectivity index (χ1v) is 10.7. The molecule has 0 amide bonds. The lowest BCUT2D eigenvalue weighted by Gasteiger charge is -2.35. The summed E-state index contributed by atoms with van der Waals surface area (Å²) in [5.41, 5.74) is 5.51. The highest BCUT2D eigenvalue weighted by molar-refractivity contribution is 6.30. The fourth-order valence-electron chi connectivity index (χ4n) is 4.02. The van der Waals surface area contributed by atoms with Crippen LogP contribution >= 0.6 is 23.2 Å². The third kappa shape index (κ3) is 4.01. The summed E-state index contributed by atoms with van der Waals surface area (Å²) in [6.07, 6.45) is 4.52. The molecule has 0 bridgehead atoms. The molecule has 0 saturated heterocycles. The summed E-state index contributed by atoms with van der Waals surface area (Å²) in [6.45, 7) is 2.90. The summed E-state index contributed by atoms with van der Waals surface area (Å²) in [4.78, 5) is 8.96. The number of aromatic nitrogens is 1. The standard InChI is InChI=1S/C25H21Cl2N3/c26-21-8-6-18(7-9-21)15-30-17-20-16-29(14-19-3-1-4-22(27)13-19)12-10-23(20)24-5-2-11-28-25(24)30/h1-11,13,17H,12,14-16H2/i17D. The SMILES string of the molecule is [2H]C1=C2CN(Cc3cccc(Cl)c3)CC=C2c2cccnc2N1Cc1ccc(Cl)cc1. The molecule has 2 aromatic carbocycles. The van der Waals surface area contributed by atoms with Gasteiger partial charge in [0.15, 0.2) is 0 Å². The Kier molecular flexibility index (Phi) is 5.02. The molecule has 2 aliphatic heterocycles. The molecule has 5 rings (SSSR count). The van der Waals surface area contributed by atoms with Gasteiger partial charge in [0.25, 0.3) is 0 Å². The second-order valence-electron chi connectivity index (χ2n) is 7.59. The quantitative estimate of drug-likeness (QED) is 0.487. The summed E-state index contributed by atoms with van der Waals surface area (Å²) in [7, 11) is 0. The largest absolute Gasteiger partial charge is 0.328 e. The molecule has 3 heterocycles. The van der Waals surface area contributed by atoms with Gasteiger partial charge in [-0.3, -0.25) is 4.90 Å². The van der Waals surface area contributed by atoms with E-state index in [9.17, 15) is 0 Å². The minimum absolute atomic E-state index is 0.503. The number of hydrogen-bond acceptors (Lipinski definition) is 3. The number of nitrogens with zero attached hydrogens (tertiary/aromatic N) is 3. The lowest BCUT2D eigenvalue weighted by atomic mass is 9.92. The molecule has 0 fully saturated rings. The van der Waals surface area contributed by atoms with E-state index in [-0.39, 0.29) is 0 Å². The Bertz CT molecular complexity index is 1190. The van der Waals surface area contributed by atoms with E-state index < -0.39 is 0 Å². The van der Waals surface area contributed by atoms with Gasteiger partial charge in [-0.15, -0.1) is 0 Å². The summed E-state index contributed by atoms with van der Waals surface area (Å²) in [5, 5.41) is 1.46. The van der Waals surface area contributed by atoms with Crippen molar-refractivity contribution in [3.8, 4) is 0 Å². The lowest BCUT2D eigenvalue weighted by molar-refractivity contribution is 0.317. The first kappa shape index (κ1) is 18.2. The summed E-state index contributed by atoms with van der Waals surface area (Å²) in [6, 6.07) is 19.8. The number of hydrogen-bond donors (Lipinski definition) is 0. The Morgan fingerprint density at radius 2 is 1.80 bits per heavy atom. The predicted octanol–water partition coefficient (Wildman–Crippen LogP) is 6.19. The van der Waals surface area contributed by atoms with Crippen molar-refractivity contribution in [2.45, 2.75) is 13.1 Å². The number of rotatable bonds is 4. The molecule has 0 saturated carbocycles. The van der Waals surface area contributed by atoms with E-state index in [1.807, 2.05) is 53.4 Å². The number of benzene rings is 2. The molecule has 150 valence electrons. The van der Waals surface area contributed by atoms with Gasteiger partial charge in [0.05, 0.1) is 1.37 Å². The fourth-order valence-corrected chi connectivity index (χ4v) is 4.36. The van der Waals surface area contributed by atoms with Crippen molar-refractivity contribution in [1.82, 2.24) is 9.88 Å². The van der Waals surface area contributed by atoms with Crippen LogP contribution in [-0.2, 0) is 13.1 Å². The average Bonchev–Trinajstić information content (AvgIpc) is 2.78. The summed E-state index contributed by atoms with van der Waals surface area (Å²) < 4.78 is 9.03. The number of halogens is 2. The molecule has 3 nitrogen and oxygen atoms in total. The second-order valence-corrected chi connectivity index (χ2v) is 8.47. The van der Waals surface area contributed by atoms with Crippen molar-refractivity contribution in [2.24, 2.45) is 0 Å². The zero-order valence-corrected chi connectivity index (χ0v) is 17.9. The first-order valence-electron chi connectivity index (χ1n) is 10.4. The average molecular weight is 435 g/mol. The van der Waals surface area contributed by atoms with Crippen molar-refractivity contribution in [2.75, 3.05) is 18.0 Å². The third-order valence-corrected chi connectivity index (χ3v) is 5.90. The van der Waals surface area contributed by atoms with Crippen LogP contribution in [-0.4, -0.2) is 23.0 Å². The molecule has 0 N–H and O–H groups in total. The summed E-state index contributed by atoms with van der Waals surface area (Å²) in [5.74, 6) is 0.834. The molecule has 1 aromatic heterocycles. The van der Waals surface area contributed by atoms with Gasteiger partial charge in [0.1, 0.15) is 5.82 Å². The highest BCUT2D eigenvalue weighted by Crippen LogP contribution is 2.38. The zero-order valence-electron chi connectivity index (χ0n) is 17.4. The second kappa shape index (κ2) is 8.27. The Morgan fingerprint density at radius 3 is 2.63 bits per heavy atom. The van der Waals surface area contributed by atoms with Gasteiger partial charge >= 0.3 is 0 Å². The molecule has 3 aromatic rings. The normalized spacial score (nSPS) is 16.7. The number of fused-ring (bicyclic) bond motifs is 3. The molecular formula is C25H21Cl2N3. The smallest absolute Gasteiger partial charge is 0.140 e. The van der Waals surface area contributed by atoms with Gasteiger partial charge < -0.3 is 4.90 Å². The van der Waals surface area contributed by atoms with Crippen LogP contribution in [0, 0.1) is 0 Å². The van der Waals surface area contributed by atoms with E-state index in [4.69, 9.17) is 24.6 Å². The van der Waals surface area contributed by atoms with E-state index in [0.717, 1.165) is 46.2 Å². The maximum Gasteiger partial charge on any atom is 0.140 e. The van der Waals surface area contributed by atoms with Crippen LogP contribution in [0.4, 0.5) is 5.82 Å². The lowest BCUT2D eigenvalue weighted by Crippen LogP contribution is -2.33. The fraction of sp³-hybridized carbons (Fsp3) is 0.160. The van der Waals surface area contributed by atoms with Gasteiger partial charge in [-0.05, 0) is 58.7 Å². The highest BCUT2D eigenvalue weighted by atomic mass is 35.5. The topological polar surface area (TPSA) is 19.4 Å². The Hall–Kier alpha value is -2.59. The van der Waals surface area contributed by atoms with E-state index in [1.54, 1.807) is 6.20 Å². The van der Waals surface area contributed by atoms with Crippen molar-refractivity contribution in [3.05, 3.63) is 111 Å². The minimum Gasteiger partial charge on any atom is -0.328 e. The maximum atomic E-state index is 9.03. The molecular weight excluding hydrogens is 413 g/mol. The Labute approximate surface area is 188 Å². The maximum absolute atomic E-state index is 9.03. The van der Waals surface area contributed by atoms with Crippen molar-refractivity contribution >= 4 is 34.6 Å².